The summed E-state index contributed by atoms with van der Waals surface area (Å²) in [6, 6.07) is 0.814. The van der Waals surface area contributed by atoms with Crippen molar-refractivity contribution < 1.29 is 4.74 Å². The average molecular weight is 222 g/mol. The highest BCUT2D eigenvalue weighted by molar-refractivity contribution is 5.48. The molecule has 0 radical (unpaired) electrons. The van der Waals surface area contributed by atoms with Crippen LogP contribution >= 0.6 is 0 Å². The highest BCUT2D eigenvalue weighted by Gasteiger charge is 2.19. The fraction of sp³-hybridized carbons (Fsp3) is 0.636. The number of anilines is 1. The molecule has 1 aromatic rings. The first-order valence-corrected chi connectivity index (χ1v) is 5.65. The maximum Gasteiger partial charge on any atom is 0.179 e. The Morgan fingerprint density at radius 2 is 2.12 bits per heavy atom. The summed E-state index contributed by atoms with van der Waals surface area (Å²) in [6.45, 7) is 0. The summed E-state index contributed by atoms with van der Waals surface area (Å²) < 4.78 is 5.20. The van der Waals surface area contributed by atoms with E-state index in [1.165, 1.54) is 6.33 Å². The molecule has 0 atom stereocenters. The van der Waals surface area contributed by atoms with Crippen LogP contribution in [0.1, 0.15) is 25.7 Å². The second-order valence-electron chi connectivity index (χ2n) is 4.20. The maximum atomic E-state index is 5.87. The molecule has 1 aromatic heterocycles. The summed E-state index contributed by atoms with van der Waals surface area (Å²) in [5.74, 6) is 1.47. The van der Waals surface area contributed by atoms with Gasteiger partial charge in [0.15, 0.2) is 11.6 Å². The largest absolute Gasteiger partial charge is 0.491 e. The highest BCUT2D eigenvalue weighted by atomic mass is 16.5. The van der Waals surface area contributed by atoms with Gasteiger partial charge in [-0.25, -0.2) is 9.97 Å². The van der Waals surface area contributed by atoms with Gasteiger partial charge in [0.1, 0.15) is 6.33 Å². The van der Waals surface area contributed by atoms with Crippen LogP contribution in [-0.4, -0.2) is 29.2 Å². The van der Waals surface area contributed by atoms with Gasteiger partial charge in [0.2, 0.25) is 0 Å². The fourth-order valence-corrected chi connectivity index (χ4v) is 2.03. The van der Waals surface area contributed by atoms with E-state index < -0.39 is 0 Å². The zero-order chi connectivity index (χ0) is 11.4. The number of hydrogen-bond acceptors (Lipinski definition) is 5. The van der Waals surface area contributed by atoms with E-state index in [0.29, 0.717) is 17.8 Å². The summed E-state index contributed by atoms with van der Waals surface area (Å²) >= 11 is 0. The van der Waals surface area contributed by atoms with Crippen LogP contribution in [0.15, 0.2) is 12.5 Å². The second-order valence-corrected chi connectivity index (χ2v) is 4.20. The van der Waals surface area contributed by atoms with Crippen LogP contribution in [0, 0.1) is 0 Å². The van der Waals surface area contributed by atoms with Gasteiger partial charge in [0.25, 0.3) is 0 Å². The quantitative estimate of drug-likeness (QED) is 0.803. The molecule has 0 saturated heterocycles. The molecule has 88 valence electrons. The van der Waals surface area contributed by atoms with E-state index in [2.05, 4.69) is 15.3 Å². The van der Waals surface area contributed by atoms with Crippen LogP contribution in [-0.2, 0) is 0 Å². The van der Waals surface area contributed by atoms with Gasteiger partial charge >= 0.3 is 0 Å². The molecule has 3 N–H and O–H groups in total. The summed E-state index contributed by atoms with van der Waals surface area (Å²) in [6.07, 6.45) is 7.53. The Balaban J connectivity index is 1.98. The van der Waals surface area contributed by atoms with Crippen molar-refractivity contribution in [3.63, 3.8) is 0 Å². The molecule has 0 spiro atoms. The van der Waals surface area contributed by atoms with E-state index in [-0.39, 0.29) is 0 Å². The molecule has 1 heterocycles. The molecule has 1 fully saturated rings. The van der Waals surface area contributed by atoms with Gasteiger partial charge in [-0.1, -0.05) is 0 Å². The van der Waals surface area contributed by atoms with Crippen molar-refractivity contribution >= 4 is 5.82 Å². The third-order valence-corrected chi connectivity index (χ3v) is 3.01. The minimum atomic E-state index is 0.366. The van der Waals surface area contributed by atoms with Gasteiger partial charge < -0.3 is 15.8 Å². The first-order chi connectivity index (χ1) is 7.79. The molecule has 1 saturated carbocycles. The topological polar surface area (TPSA) is 73.1 Å². The first kappa shape index (κ1) is 11.1. The summed E-state index contributed by atoms with van der Waals surface area (Å²) in [4.78, 5) is 8.11. The number of aromatic nitrogens is 2. The number of nitrogens with one attached hydrogen (secondary N) is 1. The third-order valence-electron chi connectivity index (χ3n) is 3.01. The molecular weight excluding hydrogens is 204 g/mol. The van der Waals surface area contributed by atoms with Crippen LogP contribution in [0.4, 0.5) is 5.82 Å². The number of ether oxygens (including phenoxy) is 1. The SMILES string of the molecule is COc1cncnc1NC1CCC(N)CC1. The van der Waals surface area contributed by atoms with Crippen LogP contribution in [0.5, 0.6) is 5.75 Å². The molecule has 5 nitrogen and oxygen atoms in total. The summed E-state index contributed by atoms with van der Waals surface area (Å²) in [7, 11) is 1.63. The molecule has 1 aliphatic carbocycles. The van der Waals surface area contributed by atoms with Gasteiger partial charge in [0.05, 0.1) is 13.3 Å². The third kappa shape index (κ3) is 2.61. The number of methoxy groups -OCH3 is 1. The lowest BCUT2D eigenvalue weighted by atomic mass is 9.92. The van der Waals surface area contributed by atoms with Gasteiger partial charge in [0, 0.05) is 12.1 Å². The van der Waals surface area contributed by atoms with Crippen molar-refractivity contribution in [1.82, 2.24) is 9.97 Å². The smallest absolute Gasteiger partial charge is 0.179 e. The number of hydrogen-bond donors (Lipinski definition) is 2. The Morgan fingerprint density at radius 1 is 1.38 bits per heavy atom. The lowest BCUT2D eigenvalue weighted by molar-refractivity contribution is 0.398. The van der Waals surface area contributed by atoms with Crippen molar-refractivity contribution in [2.45, 2.75) is 37.8 Å². The van der Waals surface area contributed by atoms with E-state index in [0.717, 1.165) is 31.5 Å². The van der Waals surface area contributed by atoms with Crippen molar-refractivity contribution in [3.05, 3.63) is 12.5 Å². The molecule has 0 unspecified atom stereocenters. The fourth-order valence-electron chi connectivity index (χ4n) is 2.03. The van der Waals surface area contributed by atoms with E-state index in [4.69, 9.17) is 10.5 Å². The normalized spacial score (nSPS) is 25.1. The summed E-state index contributed by atoms with van der Waals surface area (Å²) in [5.41, 5.74) is 5.87. The summed E-state index contributed by atoms with van der Waals surface area (Å²) in [5, 5.41) is 3.39. The standard InChI is InChI=1S/C11H18N4O/c1-16-10-6-13-7-14-11(10)15-9-4-2-8(12)3-5-9/h6-9H,2-5,12H2,1H3,(H,13,14,15). The van der Waals surface area contributed by atoms with Crippen molar-refractivity contribution in [1.29, 1.82) is 0 Å². The molecule has 16 heavy (non-hydrogen) atoms. The van der Waals surface area contributed by atoms with E-state index in [9.17, 15) is 0 Å². The Kier molecular flexibility index (Phi) is 3.56. The second kappa shape index (κ2) is 5.12. The van der Waals surface area contributed by atoms with Crippen molar-refractivity contribution in [2.75, 3.05) is 12.4 Å². The van der Waals surface area contributed by atoms with Crippen molar-refractivity contribution in [3.8, 4) is 5.75 Å². The minimum absolute atomic E-state index is 0.366. The molecule has 5 heteroatoms. The average Bonchev–Trinajstić information content (AvgIpc) is 2.33. The van der Waals surface area contributed by atoms with Crippen LogP contribution in [0.3, 0.4) is 0 Å². The lowest BCUT2D eigenvalue weighted by Gasteiger charge is -2.27. The van der Waals surface area contributed by atoms with Gasteiger partial charge in [-0.15, -0.1) is 0 Å². The van der Waals surface area contributed by atoms with Gasteiger partial charge in [-0.3, -0.25) is 0 Å². The predicted molar refractivity (Wildman–Crippen MR) is 62.4 cm³/mol. The number of nitrogens with two attached hydrogens (primary N) is 1. The van der Waals surface area contributed by atoms with E-state index in [1.54, 1.807) is 13.3 Å². The number of nitrogens with zero attached hydrogens (tertiary/aromatic N) is 2. The monoisotopic (exact) mass is 222 g/mol. The Hall–Kier alpha value is -1.36. The molecule has 2 rings (SSSR count). The molecular formula is C11H18N4O. The molecule has 1 aliphatic rings. The molecule has 0 aromatic carbocycles. The molecule has 0 bridgehead atoms. The predicted octanol–water partition coefficient (Wildman–Crippen LogP) is 1.17. The van der Waals surface area contributed by atoms with E-state index in [1.807, 2.05) is 0 Å². The Morgan fingerprint density at radius 3 is 2.81 bits per heavy atom. The molecule has 0 aliphatic heterocycles. The van der Waals surface area contributed by atoms with Gasteiger partial charge in [-0.2, -0.15) is 0 Å². The van der Waals surface area contributed by atoms with Crippen LogP contribution in [0.25, 0.3) is 0 Å². The van der Waals surface area contributed by atoms with Gasteiger partial charge in [-0.05, 0) is 25.7 Å². The minimum Gasteiger partial charge on any atom is -0.491 e. The van der Waals surface area contributed by atoms with Crippen molar-refractivity contribution in [2.24, 2.45) is 5.73 Å². The zero-order valence-corrected chi connectivity index (χ0v) is 9.52. The van der Waals surface area contributed by atoms with Crippen LogP contribution < -0.4 is 15.8 Å². The van der Waals surface area contributed by atoms with Crippen LogP contribution in [0.2, 0.25) is 0 Å². The Bertz CT molecular complexity index is 337. The first-order valence-electron chi connectivity index (χ1n) is 5.65. The zero-order valence-electron chi connectivity index (χ0n) is 9.52. The lowest BCUT2D eigenvalue weighted by Crippen LogP contribution is -2.33. The maximum absolute atomic E-state index is 5.87. The Labute approximate surface area is 95.4 Å². The van der Waals surface area contributed by atoms with E-state index >= 15 is 0 Å². The highest BCUT2D eigenvalue weighted by Crippen LogP contribution is 2.24. The number of rotatable bonds is 3. The molecule has 0 amide bonds.